The monoisotopic (exact) mass is 301 g/mol. The van der Waals surface area contributed by atoms with Crippen molar-refractivity contribution in [3.05, 3.63) is 51.0 Å². The van der Waals surface area contributed by atoms with Crippen molar-refractivity contribution in [2.45, 2.75) is 0 Å². The molecule has 2 rings (SSSR count). The van der Waals surface area contributed by atoms with Crippen LogP contribution in [0.2, 0.25) is 0 Å². The third-order valence-electron chi connectivity index (χ3n) is 2.47. The molecule has 0 saturated carbocycles. The van der Waals surface area contributed by atoms with E-state index in [1.807, 2.05) is 0 Å². The molecule has 0 spiro atoms. The molecule has 21 heavy (non-hydrogen) atoms. The Morgan fingerprint density at radius 3 is 2.90 bits per heavy atom. The second kappa shape index (κ2) is 5.94. The van der Waals surface area contributed by atoms with Gasteiger partial charge in [-0.25, -0.2) is 9.78 Å². The van der Waals surface area contributed by atoms with E-state index in [4.69, 9.17) is 10.4 Å². The first-order valence-electron chi connectivity index (χ1n) is 5.56. The summed E-state index contributed by atoms with van der Waals surface area (Å²) in [6, 6.07) is 7.53. The zero-order chi connectivity index (χ0) is 15.4. The van der Waals surface area contributed by atoms with Crippen molar-refractivity contribution in [3.63, 3.8) is 0 Å². The van der Waals surface area contributed by atoms with Crippen molar-refractivity contribution in [3.8, 4) is 16.6 Å². The number of non-ortho nitro benzene ring substituents is 1. The number of rotatable bonds is 4. The molecule has 1 heterocycles. The SMILES string of the molecule is N#C/C(=C\c1csc(-c2cccc([N+](=O)[O-])c2)n1)C(=O)O. The highest BCUT2D eigenvalue weighted by molar-refractivity contribution is 7.13. The molecule has 8 heteroatoms. The maximum Gasteiger partial charge on any atom is 0.346 e. The number of hydrogen-bond acceptors (Lipinski definition) is 6. The maximum atomic E-state index is 10.7. The van der Waals surface area contributed by atoms with Crippen LogP contribution in [0.25, 0.3) is 16.6 Å². The minimum Gasteiger partial charge on any atom is -0.477 e. The van der Waals surface area contributed by atoms with Crippen LogP contribution in [0.15, 0.2) is 35.2 Å². The van der Waals surface area contributed by atoms with Crippen LogP contribution in [0, 0.1) is 21.4 Å². The zero-order valence-corrected chi connectivity index (χ0v) is 11.2. The Balaban J connectivity index is 2.37. The number of aromatic nitrogens is 1. The van der Waals surface area contributed by atoms with Gasteiger partial charge >= 0.3 is 5.97 Å². The highest BCUT2D eigenvalue weighted by Crippen LogP contribution is 2.27. The molecule has 0 saturated heterocycles. The van der Waals surface area contributed by atoms with Crippen molar-refractivity contribution in [1.29, 1.82) is 5.26 Å². The normalized spacial score (nSPS) is 10.9. The van der Waals surface area contributed by atoms with Gasteiger partial charge < -0.3 is 5.11 Å². The second-order valence-electron chi connectivity index (χ2n) is 3.86. The summed E-state index contributed by atoms with van der Waals surface area (Å²) in [5, 5.41) is 30.3. The van der Waals surface area contributed by atoms with Crippen LogP contribution >= 0.6 is 11.3 Å². The minimum atomic E-state index is -1.33. The first-order chi connectivity index (χ1) is 10.0. The summed E-state index contributed by atoms with van der Waals surface area (Å²) in [6.45, 7) is 0. The van der Waals surface area contributed by atoms with Crippen LogP contribution in [-0.2, 0) is 4.79 Å². The van der Waals surface area contributed by atoms with Gasteiger partial charge in [-0.3, -0.25) is 10.1 Å². The standard InChI is InChI=1S/C13H7N3O4S/c14-6-9(13(17)18)4-10-7-21-12(15-10)8-2-1-3-11(5-8)16(19)20/h1-5,7H,(H,17,18)/b9-4+. The molecule has 0 aliphatic rings. The van der Waals surface area contributed by atoms with Crippen molar-refractivity contribution >= 4 is 29.1 Å². The number of carboxylic acid groups (broad SMARTS) is 1. The van der Waals surface area contributed by atoms with E-state index in [0.29, 0.717) is 16.3 Å². The van der Waals surface area contributed by atoms with Crippen molar-refractivity contribution in [1.82, 2.24) is 4.98 Å². The quantitative estimate of drug-likeness (QED) is 0.401. The van der Waals surface area contributed by atoms with Crippen LogP contribution in [0.4, 0.5) is 5.69 Å². The number of hydrogen-bond donors (Lipinski definition) is 1. The zero-order valence-electron chi connectivity index (χ0n) is 10.4. The molecule has 1 aromatic heterocycles. The predicted molar refractivity (Wildman–Crippen MR) is 75.4 cm³/mol. The van der Waals surface area contributed by atoms with Gasteiger partial charge in [-0.2, -0.15) is 5.26 Å². The largest absolute Gasteiger partial charge is 0.477 e. The molecule has 0 unspecified atom stereocenters. The topological polar surface area (TPSA) is 117 Å². The Morgan fingerprint density at radius 1 is 1.52 bits per heavy atom. The molecule has 0 aliphatic heterocycles. The van der Waals surface area contributed by atoms with Crippen LogP contribution in [0.5, 0.6) is 0 Å². The number of nitriles is 1. The highest BCUT2D eigenvalue weighted by atomic mass is 32.1. The van der Waals surface area contributed by atoms with Gasteiger partial charge in [-0.1, -0.05) is 12.1 Å². The van der Waals surface area contributed by atoms with E-state index < -0.39 is 16.5 Å². The Morgan fingerprint density at radius 2 is 2.29 bits per heavy atom. The summed E-state index contributed by atoms with van der Waals surface area (Å²) < 4.78 is 0. The maximum absolute atomic E-state index is 10.7. The van der Waals surface area contributed by atoms with Crippen LogP contribution in [-0.4, -0.2) is 21.0 Å². The summed E-state index contributed by atoms with van der Waals surface area (Å²) >= 11 is 1.21. The van der Waals surface area contributed by atoms with Gasteiger partial charge in [0.25, 0.3) is 5.69 Å². The number of nitro benzene ring substituents is 1. The number of nitro groups is 1. The first kappa shape index (κ1) is 14.4. The van der Waals surface area contributed by atoms with E-state index in [-0.39, 0.29) is 5.69 Å². The van der Waals surface area contributed by atoms with Crippen LogP contribution < -0.4 is 0 Å². The van der Waals surface area contributed by atoms with Gasteiger partial charge in [0, 0.05) is 23.1 Å². The molecule has 1 aromatic carbocycles. The van der Waals surface area contributed by atoms with Crippen molar-refractivity contribution in [2.75, 3.05) is 0 Å². The van der Waals surface area contributed by atoms with Gasteiger partial charge in [-0.15, -0.1) is 11.3 Å². The molecule has 0 fully saturated rings. The molecular formula is C13H7N3O4S. The fourth-order valence-corrected chi connectivity index (χ4v) is 2.30. The van der Waals surface area contributed by atoms with Gasteiger partial charge in [0.05, 0.1) is 10.6 Å². The smallest absolute Gasteiger partial charge is 0.346 e. The predicted octanol–water partition coefficient (Wildman–Crippen LogP) is 2.71. The lowest BCUT2D eigenvalue weighted by atomic mass is 10.2. The summed E-state index contributed by atoms with van der Waals surface area (Å²) in [4.78, 5) is 25.1. The molecule has 2 aromatic rings. The number of carboxylic acids is 1. The van der Waals surface area contributed by atoms with Crippen molar-refractivity contribution < 1.29 is 14.8 Å². The van der Waals surface area contributed by atoms with Crippen LogP contribution in [0.1, 0.15) is 5.69 Å². The Kier molecular flexibility index (Phi) is 4.06. The third-order valence-corrected chi connectivity index (χ3v) is 3.38. The van der Waals surface area contributed by atoms with E-state index >= 15 is 0 Å². The molecule has 104 valence electrons. The Bertz CT molecular complexity index is 789. The Hall–Kier alpha value is -3.05. The molecule has 0 radical (unpaired) electrons. The molecule has 0 aliphatic carbocycles. The molecule has 0 atom stereocenters. The fourth-order valence-electron chi connectivity index (χ4n) is 1.53. The number of benzene rings is 1. The lowest BCUT2D eigenvalue weighted by Crippen LogP contribution is -1.97. The average Bonchev–Trinajstić information content (AvgIpc) is 2.93. The minimum absolute atomic E-state index is 0.0527. The summed E-state index contributed by atoms with van der Waals surface area (Å²) in [6.07, 6.45) is 1.15. The lowest BCUT2D eigenvalue weighted by molar-refractivity contribution is -0.384. The number of nitrogens with zero attached hydrogens (tertiary/aromatic N) is 3. The summed E-state index contributed by atoms with van der Waals surface area (Å²) in [7, 11) is 0. The van der Waals surface area contributed by atoms with E-state index in [1.54, 1.807) is 23.6 Å². The summed E-state index contributed by atoms with van der Waals surface area (Å²) in [5.41, 5.74) is 0.400. The molecular weight excluding hydrogens is 294 g/mol. The van der Waals surface area contributed by atoms with Gasteiger partial charge in [0.15, 0.2) is 0 Å². The average molecular weight is 301 g/mol. The van der Waals surface area contributed by atoms with Gasteiger partial charge in [0.2, 0.25) is 0 Å². The first-order valence-corrected chi connectivity index (χ1v) is 6.44. The molecule has 0 amide bonds. The Labute approximate surface area is 122 Å². The van der Waals surface area contributed by atoms with E-state index in [1.165, 1.54) is 23.5 Å². The molecule has 1 N–H and O–H groups in total. The lowest BCUT2D eigenvalue weighted by Gasteiger charge is -1.96. The van der Waals surface area contributed by atoms with Gasteiger partial charge in [0.1, 0.15) is 16.6 Å². The number of thiazole rings is 1. The van der Waals surface area contributed by atoms with Crippen LogP contribution in [0.3, 0.4) is 0 Å². The fraction of sp³-hybridized carbons (Fsp3) is 0. The summed E-state index contributed by atoms with van der Waals surface area (Å²) in [5.74, 6) is -1.33. The number of aliphatic carboxylic acids is 1. The highest BCUT2D eigenvalue weighted by Gasteiger charge is 2.11. The molecule has 7 nitrogen and oxygen atoms in total. The third kappa shape index (κ3) is 3.29. The number of carbonyl (C=O) groups is 1. The van der Waals surface area contributed by atoms with E-state index in [9.17, 15) is 14.9 Å². The molecule has 0 bridgehead atoms. The van der Waals surface area contributed by atoms with E-state index in [0.717, 1.165) is 6.08 Å². The van der Waals surface area contributed by atoms with Crippen molar-refractivity contribution in [2.24, 2.45) is 0 Å². The van der Waals surface area contributed by atoms with E-state index in [2.05, 4.69) is 4.98 Å². The van der Waals surface area contributed by atoms with Gasteiger partial charge in [-0.05, 0) is 6.08 Å². The second-order valence-corrected chi connectivity index (χ2v) is 4.72.